The fourth-order valence-electron chi connectivity index (χ4n) is 1.95. The molecule has 22 heavy (non-hydrogen) atoms. The van der Waals surface area contributed by atoms with Gasteiger partial charge in [-0.15, -0.1) is 0 Å². The molecular weight excluding hydrogens is 306 g/mol. The number of aliphatic carboxylic acids is 2. The van der Waals surface area contributed by atoms with Crippen molar-refractivity contribution >= 4 is 30.5 Å². The fourth-order valence-corrected chi connectivity index (χ4v) is 2.25. The molecule has 0 spiro atoms. The summed E-state index contributed by atoms with van der Waals surface area (Å²) in [5.41, 5.74) is 0.953. The highest BCUT2D eigenvalue weighted by Gasteiger charge is 2.25. The molecule has 6 nitrogen and oxygen atoms in total. The zero-order chi connectivity index (χ0) is 16.5. The summed E-state index contributed by atoms with van der Waals surface area (Å²) >= 11 is 4.14. The number of hydrogen-bond acceptors (Lipinski definition) is 4. The van der Waals surface area contributed by atoms with Crippen molar-refractivity contribution < 1.29 is 24.6 Å². The molecule has 1 aromatic carbocycles. The van der Waals surface area contributed by atoms with Gasteiger partial charge in [0.15, 0.2) is 0 Å². The van der Waals surface area contributed by atoms with E-state index in [4.69, 9.17) is 10.2 Å². The van der Waals surface area contributed by atoms with E-state index >= 15 is 0 Å². The minimum Gasteiger partial charge on any atom is -0.481 e. The first kappa shape index (κ1) is 18.0. The highest BCUT2D eigenvalue weighted by atomic mass is 32.1. The van der Waals surface area contributed by atoms with Crippen LogP contribution in [0.2, 0.25) is 0 Å². The normalized spacial score (nSPS) is 13.1. The first-order valence-electron chi connectivity index (χ1n) is 6.83. The van der Waals surface area contributed by atoms with Crippen LogP contribution < -0.4 is 5.32 Å². The van der Waals surface area contributed by atoms with Crippen LogP contribution in [-0.2, 0) is 20.8 Å². The van der Waals surface area contributed by atoms with Gasteiger partial charge in [-0.3, -0.25) is 9.59 Å². The van der Waals surface area contributed by atoms with Crippen molar-refractivity contribution in [2.75, 3.05) is 5.75 Å². The van der Waals surface area contributed by atoms with Gasteiger partial charge in [-0.1, -0.05) is 30.3 Å². The fraction of sp³-hybridized carbons (Fsp3) is 0.400. The Morgan fingerprint density at radius 3 is 2.27 bits per heavy atom. The Hall–Kier alpha value is -2.02. The number of benzene rings is 1. The van der Waals surface area contributed by atoms with Crippen molar-refractivity contribution in [3.8, 4) is 0 Å². The summed E-state index contributed by atoms with van der Waals surface area (Å²) in [7, 11) is 0. The number of carbonyl (C=O) groups excluding carboxylic acids is 1. The molecule has 0 saturated carbocycles. The minimum absolute atomic E-state index is 0.152. The van der Waals surface area contributed by atoms with Crippen LogP contribution in [0.4, 0.5) is 0 Å². The average molecular weight is 325 g/mol. The van der Waals surface area contributed by atoms with Crippen molar-refractivity contribution in [2.24, 2.45) is 5.92 Å². The summed E-state index contributed by atoms with van der Waals surface area (Å²) in [6, 6.07) is 8.13. The van der Waals surface area contributed by atoms with Crippen molar-refractivity contribution in [2.45, 2.75) is 25.3 Å². The lowest BCUT2D eigenvalue weighted by atomic mass is 9.99. The molecule has 1 rings (SSSR count). The third kappa shape index (κ3) is 6.17. The molecule has 1 aromatic rings. The summed E-state index contributed by atoms with van der Waals surface area (Å²) < 4.78 is 0. The van der Waals surface area contributed by atoms with Gasteiger partial charge in [0.2, 0.25) is 5.91 Å². The zero-order valence-electron chi connectivity index (χ0n) is 11.9. The highest BCUT2D eigenvalue weighted by Crippen LogP contribution is 2.11. The molecule has 0 bridgehead atoms. The molecule has 7 heteroatoms. The van der Waals surface area contributed by atoms with E-state index in [1.165, 1.54) is 0 Å². The van der Waals surface area contributed by atoms with Crippen LogP contribution in [0.15, 0.2) is 30.3 Å². The molecule has 1 unspecified atom stereocenters. The Kier molecular flexibility index (Phi) is 7.45. The Balaban J connectivity index is 2.65. The Labute approximate surface area is 133 Å². The third-order valence-electron chi connectivity index (χ3n) is 3.18. The molecule has 0 radical (unpaired) electrons. The number of rotatable bonds is 9. The largest absolute Gasteiger partial charge is 0.481 e. The van der Waals surface area contributed by atoms with Gasteiger partial charge in [0.1, 0.15) is 6.04 Å². The number of carbonyl (C=O) groups is 3. The van der Waals surface area contributed by atoms with Crippen LogP contribution in [0.1, 0.15) is 18.4 Å². The summed E-state index contributed by atoms with van der Waals surface area (Å²) in [4.78, 5) is 33.8. The molecule has 3 N–H and O–H groups in total. The number of amides is 1. The Morgan fingerprint density at radius 2 is 1.77 bits per heavy atom. The van der Waals surface area contributed by atoms with Gasteiger partial charge in [-0.05, 0) is 18.4 Å². The lowest BCUT2D eigenvalue weighted by Crippen LogP contribution is -2.44. The second-order valence-corrected chi connectivity index (χ2v) is 5.27. The zero-order valence-corrected chi connectivity index (χ0v) is 12.8. The van der Waals surface area contributed by atoms with Crippen molar-refractivity contribution in [1.29, 1.82) is 0 Å². The maximum atomic E-state index is 12.2. The molecule has 2 atom stereocenters. The van der Waals surface area contributed by atoms with Crippen molar-refractivity contribution in [3.63, 3.8) is 0 Å². The molecule has 0 fully saturated rings. The van der Waals surface area contributed by atoms with Crippen LogP contribution in [-0.4, -0.2) is 39.9 Å². The number of carboxylic acids is 2. The van der Waals surface area contributed by atoms with Gasteiger partial charge < -0.3 is 15.5 Å². The molecule has 1 amide bonds. The first-order chi connectivity index (χ1) is 10.4. The van der Waals surface area contributed by atoms with E-state index in [1.54, 1.807) is 0 Å². The van der Waals surface area contributed by atoms with Gasteiger partial charge in [0.05, 0.1) is 5.92 Å². The molecule has 0 heterocycles. The maximum absolute atomic E-state index is 12.2. The smallest absolute Gasteiger partial charge is 0.326 e. The van der Waals surface area contributed by atoms with Crippen molar-refractivity contribution in [3.05, 3.63) is 35.9 Å². The maximum Gasteiger partial charge on any atom is 0.326 e. The van der Waals surface area contributed by atoms with Gasteiger partial charge in [-0.2, -0.15) is 12.6 Å². The van der Waals surface area contributed by atoms with E-state index < -0.39 is 29.8 Å². The van der Waals surface area contributed by atoms with E-state index in [1.807, 2.05) is 30.3 Å². The molecular formula is C15H19NO5S. The molecule has 0 aliphatic carbocycles. The number of carboxylic acid groups (broad SMARTS) is 2. The van der Waals surface area contributed by atoms with E-state index in [0.29, 0.717) is 6.42 Å². The molecule has 0 aliphatic heterocycles. The van der Waals surface area contributed by atoms with E-state index in [-0.39, 0.29) is 18.6 Å². The minimum atomic E-state index is -1.24. The third-order valence-corrected chi connectivity index (χ3v) is 3.62. The van der Waals surface area contributed by atoms with E-state index in [2.05, 4.69) is 17.9 Å². The number of thiol groups is 1. The quantitative estimate of drug-likeness (QED) is 0.511. The summed E-state index contributed by atoms with van der Waals surface area (Å²) in [6.45, 7) is 0. The predicted octanol–water partition coefficient (Wildman–Crippen LogP) is 1.21. The van der Waals surface area contributed by atoms with Gasteiger partial charge in [0.25, 0.3) is 0 Å². The van der Waals surface area contributed by atoms with Crippen LogP contribution in [0.5, 0.6) is 0 Å². The van der Waals surface area contributed by atoms with Gasteiger partial charge >= 0.3 is 11.9 Å². The van der Waals surface area contributed by atoms with Crippen LogP contribution in [0.25, 0.3) is 0 Å². The lowest BCUT2D eigenvalue weighted by Gasteiger charge is -2.19. The van der Waals surface area contributed by atoms with E-state index in [0.717, 1.165) is 5.56 Å². The van der Waals surface area contributed by atoms with Crippen LogP contribution >= 0.6 is 12.6 Å². The molecule has 0 saturated heterocycles. The second-order valence-electron chi connectivity index (χ2n) is 4.90. The Bertz CT molecular complexity index is 520. The standard InChI is InChI=1S/C15H19NO5S/c17-13(18)7-6-12(15(20)21)16-14(19)11(9-22)8-10-4-2-1-3-5-10/h1-5,11-12,22H,6-9H2,(H,16,19)(H,17,18)(H,20,21)/t11?,12-/m0/s1. The predicted molar refractivity (Wildman–Crippen MR) is 83.9 cm³/mol. The monoisotopic (exact) mass is 325 g/mol. The van der Waals surface area contributed by atoms with Crippen molar-refractivity contribution in [1.82, 2.24) is 5.32 Å². The number of nitrogens with one attached hydrogen (secondary N) is 1. The van der Waals surface area contributed by atoms with Gasteiger partial charge in [-0.25, -0.2) is 4.79 Å². The van der Waals surface area contributed by atoms with Gasteiger partial charge in [0, 0.05) is 12.2 Å². The highest BCUT2D eigenvalue weighted by molar-refractivity contribution is 7.80. The number of hydrogen-bond donors (Lipinski definition) is 4. The molecule has 0 aliphatic rings. The lowest BCUT2D eigenvalue weighted by molar-refractivity contribution is -0.143. The second kappa shape index (κ2) is 9.09. The topological polar surface area (TPSA) is 104 Å². The summed E-state index contributed by atoms with van der Waals surface area (Å²) in [5.74, 6) is -2.98. The van der Waals surface area contributed by atoms with Crippen LogP contribution in [0, 0.1) is 5.92 Å². The Morgan fingerprint density at radius 1 is 1.14 bits per heavy atom. The van der Waals surface area contributed by atoms with E-state index in [9.17, 15) is 14.4 Å². The molecule has 120 valence electrons. The molecule has 0 aromatic heterocycles. The first-order valence-corrected chi connectivity index (χ1v) is 7.47. The SMILES string of the molecule is O=C(O)CC[C@H](NC(=O)C(CS)Cc1ccccc1)C(=O)O. The van der Waals surface area contributed by atoms with Crippen LogP contribution in [0.3, 0.4) is 0 Å². The summed E-state index contributed by atoms with van der Waals surface area (Å²) in [5, 5.41) is 20.1. The summed E-state index contributed by atoms with van der Waals surface area (Å²) in [6.07, 6.45) is -0.0239. The average Bonchev–Trinajstić information content (AvgIpc) is 2.49.